The molecule has 0 unspecified atom stereocenters. The molecule has 0 heterocycles. The topological polar surface area (TPSA) is 20.2 Å². The van der Waals surface area contributed by atoms with Crippen LogP contribution in [0.4, 0.5) is 0 Å². The normalized spacial score (nSPS) is 10.7. The molecular weight excluding hydrogens is 263 g/mol. The molecule has 3 rings (SSSR count). The summed E-state index contributed by atoms with van der Waals surface area (Å²) in [5.74, 6) is 0.321. The first-order valence-corrected chi connectivity index (χ1v) is 7.88. The molecule has 0 radical (unpaired) electrons. The average Bonchev–Trinajstić information content (AvgIpc) is 2.50. The van der Waals surface area contributed by atoms with E-state index in [0.29, 0.717) is 5.75 Å². The van der Waals surface area contributed by atoms with Crippen molar-refractivity contribution in [3.05, 3.63) is 84.9 Å². The van der Waals surface area contributed by atoms with Crippen LogP contribution in [-0.4, -0.2) is 5.11 Å². The molecule has 2 heteroatoms. The van der Waals surface area contributed by atoms with Gasteiger partial charge in [-0.1, -0.05) is 72.8 Å². The molecule has 0 amide bonds. The zero-order valence-corrected chi connectivity index (χ0v) is 11.9. The van der Waals surface area contributed by atoms with E-state index in [4.69, 9.17) is 0 Å². The lowest BCUT2D eigenvalue weighted by Gasteiger charge is -2.19. The van der Waals surface area contributed by atoms with E-state index in [1.165, 1.54) is 10.6 Å². The molecule has 0 aliphatic heterocycles. The van der Waals surface area contributed by atoms with Crippen molar-refractivity contribution in [1.82, 2.24) is 0 Å². The fraction of sp³-hybridized carbons (Fsp3) is 0. The molecule has 98 valence electrons. The Balaban J connectivity index is 2.14. The molecule has 1 nitrogen and oxygen atoms in total. The molecular formula is C18H15OP. The van der Waals surface area contributed by atoms with Crippen molar-refractivity contribution >= 4 is 23.8 Å². The van der Waals surface area contributed by atoms with Gasteiger partial charge >= 0.3 is 0 Å². The summed E-state index contributed by atoms with van der Waals surface area (Å²) in [7, 11) is -0.622. The second-order valence-corrected chi connectivity index (χ2v) is 6.75. The molecule has 0 bridgehead atoms. The van der Waals surface area contributed by atoms with Crippen LogP contribution in [0.25, 0.3) is 0 Å². The van der Waals surface area contributed by atoms with E-state index in [-0.39, 0.29) is 0 Å². The van der Waals surface area contributed by atoms with E-state index < -0.39 is 7.92 Å². The van der Waals surface area contributed by atoms with Gasteiger partial charge in [0, 0.05) is 0 Å². The fourth-order valence-corrected chi connectivity index (χ4v) is 4.56. The first-order valence-electron chi connectivity index (χ1n) is 6.54. The largest absolute Gasteiger partial charge is 0.508 e. The lowest BCUT2D eigenvalue weighted by atomic mass is 10.3. The summed E-state index contributed by atoms with van der Waals surface area (Å²) < 4.78 is 0. The molecule has 3 aromatic carbocycles. The van der Waals surface area contributed by atoms with Gasteiger partial charge in [0.1, 0.15) is 5.75 Å². The van der Waals surface area contributed by atoms with Gasteiger partial charge in [-0.2, -0.15) is 0 Å². The lowest BCUT2D eigenvalue weighted by molar-refractivity contribution is 0.476. The predicted molar refractivity (Wildman–Crippen MR) is 86.8 cm³/mol. The minimum atomic E-state index is -0.622. The Kier molecular flexibility index (Phi) is 3.80. The zero-order valence-electron chi connectivity index (χ0n) is 11.0. The van der Waals surface area contributed by atoms with Gasteiger partial charge in [0.25, 0.3) is 0 Å². The molecule has 0 saturated carbocycles. The van der Waals surface area contributed by atoms with Crippen LogP contribution >= 0.6 is 7.92 Å². The standard InChI is InChI=1S/C18H15OP/c19-15-8-7-13-18(14-15)20(16-9-3-1-4-10-16)17-11-5-2-6-12-17/h1-14,19H. The van der Waals surface area contributed by atoms with Crippen molar-refractivity contribution < 1.29 is 5.11 Å². The second kappa shape index (κ2) is 5.90. The van der Waals surface area contributed by atoms with Gasteiger partial charge in [-0.05, 0) is 36.0 Å². The molecule has 20 heavy (non-hydrogen) atoms. The SMILES string of the molecule is Oc1cccc(P(c2ccccc2)c2ccccc2)c1. The molecule has 1 N–H and O–H groups in total. The fourth-order valence-electron chi connectivity index (χ4n) is 2.23. The van der Waals surface area contributed by atoms with Crippen LogP contribution in [0.5, 0.6) is 5.75 Å². The highest BCUT2D eigenvalue weighted by atomic mass is 31.1. The van der Waals surface area contributed by atoms with Gasteiger partial charge in [-0.25, -0.2) is 0 Å². The van der Waals surface area contributed by atoms with Gasteiger partial charge < -0.3 is 5.11 Å². The maximum absolute atomic E-state index is 9.77. The van der Waals surface area contributed by atoms with Gasteiger partial charge in [0.15, 0.2) is 0 Å². The number of phenolic OH excluding ortho intramolecular Hbond substituents is 1. The lowest BCUT2D eigenvalue weighted by Crippen LogP contribution is -2.20. The Morgan fingerprint density at radius 3 is 1.55 bits per heavy atom. The summed E-state index contributed by atoms with van der Waals surface area (Å²) in [6.07, 6.45) is 0. The quantitative estimate of drug-likeness (QED) is 0.730. The minimum Gasteiger partial charge on any atom is -0.508 e. The number of phenols is 1. The van der Waals surface area contributed by atoms with Gasteiger partial charge in [-0.15, -0.1) is 0 Å². The maximum atomic E-state index is 9.77. The van der Waals surface area contributed by atoms with Crippen LogP contribution in [0.1, 0.15) is 0 Å². The van der Waals surface area contributed by atoms with Crippen LogP contribution in [0.15, 0.2) is 84.9 Å². The van der Waals surface area contributed by atoms with Gasteiger partial charge in [0.05, 0.1) is 0 Å². The van der Waals surface area contributed by atoms with E-state index in [2.05, 4.69) is 54.6 Å². The van der Waals surface area contributed by atoms with Crippen molar-refractivity contribution in [2.45, 2.75) is 0 Å². The Labute approximate surface area is 120 Å². The van der Waals surface area contributed by atoms with E-state index >= 15 is 0 Å². The van der Waals surface area contributed by atoms with Gasteiger partial charge in [0.2, 0.25) is 0 Å². The monoisotopic (exact) mass is 278 g/mol. The highest BCUT2D eigenvalue weighted by Gasteiger charge is 2.15. The number of aromatic hydroxyl groups is 1. The Bertz CT molecular complexity index is 641. The highest BCUT2D eigenvalue weighted by Crippen LogP contribution is 2.33. The van der Waals surface area contributed by atoms with Crippen molar-refractivity contribution in [3.63, 3.8) is 0 Å². The summed E-state index contributed by atoms with van der Waals surface area (Å²) in [6, 6.07) is 28.5. The summed E-state index contributed by atoms with van der Waals surface area (Å²) >= 11 is 0. The van der Waals surface area contributed by atoms with Crippen LogP contribution in [0, 0.1) is 0 Å². The molecule has 0 atom stereocenters. The van der Waals surface area contributed by atoms with E-state index in [9.17, 15) is 5.11 Å². The Morgan fingerprint density at radius 1 is 0.550 bits per heavy atom. The molecule has 0 saturated heterocycles. The Morgan fingerprint density at radius 2 is 1.05 bits per heavy atom. The van der Waals surface area contributed by atoms with Crippen LogP contribution < -0.4 is 15.9 Å². The zero-order chi connectivity index (χ0) is 13.8. The maximum Gasteiger partial charge on any atom is 0.116 e. The molecule has 0 aromatic heterocycles. The second-order valence-electron chi connectivity index (χ2n) is 4.53. The number of hydrogen-bond donors (Lipinski definition) is 1. The smallest absolute Gasteiger partial charge is 0.116 e. The number of hydrogen-bond acceptors (Lipinski definition) is 1. The van der Waals surface area contributed by atoms with E-state index in [0.717, 1.165) is 5.30 Å². The summed E-state index contributed by atoms with van der Waals surface area (Å²) in [6.45, 7) is 0. The van der Waals surface area contributed by atoms with Crippen molar-refractivity contribution in [1.29, 1.82) is 0 Å². The van der Waals surface area contributed by atoms with E-state index in [1.54, 1.807) is 6.07 Å². The van der Waals surface area contributed by atoms with Crippen LogP contribution in [0.3, 0.4) is 0 Å². The summed E-state index contributed by atoms with van der Waals surface area (Å²) in [5, 5.41) is 13.5. The Hall–Kier alpha value is -2.11. The van der Waals surface area contributed by atoms with Crippen molar-refractivity contribution in [2.24, 2.45) is 0 Å². The van der Waals surface area contributed by atoms with Crippen molar-refractivity contribution in [2.75, 3.05) is 0 Å². The van der Waals surface area contributed by atoms with E-state index in [1.807, 2.05) is 24.3 Å². The average molecular weight is 278 g/mol. The predicted octanol–water partition coefficient (Wildman–Crippen LogP) is 3.15. The highest BCUT2D eigenvalue weighted by molar-refractivity contribution is 7.79. The molecule has 0 spiro atoms. The number of benzene rings is 3. The third kappa shape index (κ3) is 2.74. The first kappa shape index (κ1) is 12.9. The molecule has 0 aliphatic rings. The third-order valence-corrected chi connectivity index (χ3v) is 5.54. The first-order chi connectivity index (χ1) is 9.84. The third-order valence-electron chi connectivity index (χ3n) is 3.12. The van der Waals surface area contributed by atoms with Gasteiger partial charge in [-0.3, -0.25) is 0 Å². The van der Waals surface area contributed by atoms with Crippen LogP contribution in [-0.2, 0) is 0 Å². The van der Waals surface area contributed by atoms with Crippen LogP contribution in [0.2, 0.25) is 0 Å². The summed E-state index contributed by atoms with van der Waals surface area (Å²) in [4.78, 5) is 0. The van der Waals surface area contributed by atoms with Crippen molar-refractivity contribution in [3.8, 4) is 5.75 Å². The minimum absolute atomic E-state index is 0.321. The molecule has 0 aliphatic carbocycles. The molecule has 0 fully saturated rings. The number of rotatable bonds is 3. The summed E-state index contributed by atoms with van der Waals surface area (Å²) in [5.41, 5.74) is 0. The molecule has 3 aromatic rings.